The van der Waals surface area contributed by atoms with Crippen LogP contribution in [0.4, 0.5) is 18.9 Å². The average molecular weight is 609 g/mol. The van der Waals surface area contributed by atoms with Crippen molar-refractivity contribution in [3.8, 4) is 11.5 Å². The molecule has 1 aliphatic heterocycles. The number of ether oxygens (including phenoxy) is 3. The fraction of sp³-hybridized carbons (Fsp3) is 0.346. The number of anilines is 1. The number of hydrogen-bond donors (Lipinski definition) is 1. The number of rotatable bonds is 8. The monoisotopic (exact) mass is 607 g/mol. The van der Waals surface area contributed by atoms with E-state index in [0.29, 0.717) is 28.0 Å². The first-order valence-electron chi connectivity index (χ1n) is 11.4. The Morgan fingerprint density at radius 1 is 1.15 bits per heavy atom. The van der Waals surface area contributed by atoms with Crippen molar-refractivity contribution >= 4 is 58.3 Å². The molecule has 0 bridgehead atoms. The van der Waals surface area contributed by atoms with E-state index in [1.807, 2.05) is 0 Å². The fourth-order valence-corrected chi connectivity index (χ4v) is 4.16. The van der Waals surface area contributed by atoms with Crippen molar-refractivity contribution in [2.75, 3.05) is 12.4 Å². The zero-order valence-corrected chi connectivity index (χ0v) is 23.2. The highest BCUT2D eigenvalue weighted by Crippen LogP contribution is 2.42. The number of para-hydroxylation sites is 1. The first-order chi connectivity index (χ1) is 18.1. The highest BCUT2D eigenvalue weighted by Gasteiger charge is 2.37. The van der Waals surface area contributed by atoms with E-state index in [0.717, 1.165) is 12.1 Å². The number of nitrogens with one attached hydrogen (secondary N) is 1. The third-order valence-electron chi connectivity index (χ3n) is 5.97. The molecule has 1 heterocycles. The van der Waals surface area contributed by atoms with Gasteiger partial charge in [0.05, 0.1) is 23.9 Å². The maximum atomic E-state index is 13.2. The molecule has 0 aromatic heterocycles. The topological polar surface area (TPSA) is 90.9 Å². The third kappa shape index (κ3) is 7.17. The Kier molecular flexibility index (Phi) is 9.46. The molecule has 0 aliphatic carbocycles. The van der Waals surface area contributed by atoms with E-state index in [9.17, 15) is 27.6 Å². The second kappa shape index (κ2) is 12.1. The van der Waals surface area contributed by atoms with Crippen molar-refractivity contribution in [2.24, 2.45) is 0 Å². The van der Waals surface area contributed by atoms with E-state index in [4.69, 9.17) is 49.0 Å². The van der Waals surface area contributed by atoms with Gasteiger partial charge in [0.15, 0.2) is 0 Å². The minimum Gasteiger partial charge on any atom is -0.496 e. The molecule has 1 aliphatic rings. The molecule has 3 rings (SSSR count). The van der Waals surface area contributed by atoms with Crippen molar-refractivity contribution < 1.29 is 41.8 Å². The van der Waals surface area contributed by atoms with Crippen LogP contribution in [0.1, 0.15) is 52.4 Å². The maximum Gasteiger partial charge on any atom is 0.419 e. The van der Waals surface area contributed by atoms with Crippen LogP contribution in [-0.4, -0.2) is 28.7 Å². The SMILES string of the molecule is COc1c(C)c2c(c(NC(=O)C(Cl)(Cl)Cl)c1CC=C(C)CCC(=O)Oc1ccccc1C(F)(F)F)C(=O)OC2. The van der Waals surface area contributed by atoms with Crippen LogP contribution >= 0.6 is 34.8 Å². The second-order valence-corrected chi connectivity index (χ2v) is 10.9. The third-order valence-corrected chi connectivity index (χ3v) is 6.48. The summed E-state index contributed by atoms with van der Waals surface area (Å²) in [6.07, 6.45) is -2.87. The predicted octanol–water partition coefficient (Wildman–Crippen LogP) is 6.88. The summed E-state index contributed by atoms with van der Waals surface area (Å²) in [6, 6.07) is 4.44. The summed E-state index contributed by atoms with van der Waals surface area (Å²) < 4.78 is 52.8. The number of carbonyl (C=O) groups excluding carboxylic acids is 3. The Morgan fingerprint density at radius 2 is 1.82 bits per heavy atom. The number of allylic oxidation sites excluding steroid dienone is 2. The summed E-state index contributed by atoms with van der Waals surface area (Å²) >= 11 is 17.2. The summed E-state index contributed by atoms with van der Waals surface area (Å²) in [7, 11) is 1.42. The molecule has 2 aromatic rings. The van der Waals surface area contributed by atoms with Gasteiger partial charge in [-0.05, 0) is 44.4 Å². The minimum atomic E-state index is -4.67. The maximum absolute atomic E-state index is 13.2. The van der Waals surface area contributed by atoms with Crippen LogP contribution in [0.3, 0.4) is 0 Å². The molecule has 0 unspecified atom stereocenters. The van der Waals surface area contributed by atoms with Crippen LogP contribution in [0, 0.1) is 6.92 Å². The van der Waals surface area contributed by atoms with Crippen molar-refractivity contribution in [2.45, 2.75) is 49.7 Å². The molecule has 0 saturated carbocycles. The van der Waals surface area contributed by atoms with E-state index in [1.54, 1.807) is 19.9 Å². The van der Waals surface area contributed by atoms with Gasteiger partial charge >= 0.3 is 18.1 Å². The lowest BCUT2D eigenvalue weighted by Gasteiger charge is -2.21. The molecule has 0 saturated heterocycles. The normalized spacial score (nSPS) is 13.6. The number of carbonyl (C=O) groups is 3. The number of esters is 2. The van der Waals surface area contributed by atoms with Gasteiger partial charge in [-0.2, -0.15) is 13.2 Å². The lowest BCUT2D eigenvalue weighted by molar-refractivity contribution is -0.142. The van der Waals surface area contributed by atoms with Gasteiger partial charge in [-0.15, -0.1) is 0 Å². The lowest BCUT2D eigenvalue weighted by atomic mass is 9.93. The van der Waals surface area contributed by atoms with Gasteiger partial charge in [0.1, 0.15) is 18.1 Å². The molecular weight excluding hydrogens is 586 g/mol. The number of benzene rings is 2. The van der Waals surface area contributed by atoms with E-state index < -0.39 is 39.1 Å². The summed E-state index contributed by atoms with van der Waals surface area (Å²) in [5.41, 5.74) is 1.35. The Balaban J connectivity index is 1.83. The van der Waals surface area contributed by atoms with Gasteiger partial charge in [0, 0.05) is 17.5 Å². The van der Waals surface area contributed by atoms with Crippen LogP contribution in [-0.2, 0) is 33.5 Å². The van der Waals surface area contributed by atoms with Gasteiger partial charge < -0.3 is 19.5 Å². The van der Waals surface area contributed by atoms with Crippen LogP contribution in [0.15, 0.2) is 35.9 Å². The van der Waals surface area contributed by atoms with E-state index in [-0.39, 0.29) is 37.1 Å². The van der Waals surface area contributed by atoms with Crippen molar-refractivity contribution in [3.05, 3.63) is 63.7 Å². The first-order valence-corrected chi connectivity index (χ1v) is 12.6. The number of hydrogen-bond acceptors (Lipinski definition) is 6. The lowest BCUT2D eigenvalue weighted by Crippen LogP contribution is -2.28. The Bertz CT molecular complexity index is 1340. The smallest absolute Gasteiger partial charge is 0.419 e. The van der Waals surface area contributed by atoms with Crippen molar-refractivity contribution in [1.29, 1.82) is 0 Å². The molecule has 210 valence electrons. The Morgan fingerprint density at radius 3 is 2.44 bits per heavy atom. The standard InChI is InChI=1S/C26H23Cl3F3NO6/c1-13(9-11-19(34)39-18-7-5-4-6-17(18)26(30,31)32)8-10-15-21(33-24(36)25(27,28)29)20-16(12-38-23(20)35)14(2)22(15)37-3/h4-8H,9-12H2,1-3H3,(H,33,36). The predicted molar refractivity (Wildman–Crippen MR) is 140 cm³/mol. The highest BCUT2D eigenvalue weighted by atomic mass is 35.6. The van der Waals surface area contributed by atoms with Gasteiger partial charge in [-0.1, -0.05) is 58.6 Å². The summed E-state index contributed by atoms with van der Waals surface area (Å²) in [4.78, 5) is 37.3. The van der Waals surface area contributed by atoms with Crippen LogP contribution < -0.4 is 14.8 Å². The molecule has 39 heavy (non-hydrogen) atoms. The fourth-order valence-electron chi connectivity index (χ4n) is 4.02. The largest absolute Gasteiger partial charge is 0.496 e. The summed E-state index contributed by atoms with van der Waals surface area (Å²) in [6.45, 7) is 3.41. The van der Waals surface area contributed by atoms with Gasteiger partial charge in [0.2, 0.25) is 0 Å². The zero-order valence-electron chi connectivity index (χ0n) is 20.9. The number of amides is 1. The Hall–Kier alpha value is -2.95. The Labute approximate surface area is 237 Å². The van der Waals surface area contributed by atoms with Crippen molar-refractivity contribution in [1.82, 2.24) is 0 Å². The number of fused-ring (bicyclic) bond motifs is 1. The zero-order chi connectivity index (χ0) is 29.1. The van der Waals surface area contributed by atoms with Gasteiger partial charge in [-0.3, -0.25) is 9.59 Å². The van der Waals surface area contributed by atoms with E-state index in [1.165, 1.54) is 19.2 Å². The van der Waals surface area contributed by atoms with Crippen LogP contribution in [0.5, 0.6) is 11.5 Å². The van der Waals surface area contributed by atoms with Crippen LogP contribution in [0.2, 0.25) is 0 Å². The van der Waals surface area contributed by atoms with Gasteiger partial charge in [0.25, 0.3) is 9.70 Å². The minimum absolute atomic E-state index is 0.0261. The molecule has 2 aromatic carbocycles. The second-order valence-electron chi connectivity index (χ2n) is 8.62. The summed E-state index contributed by atoms with van der Waals surface area (Å²) in [5.74, 6) is -2.71. The molecule has 0 fully saturated rings. The molecule has 7 nitrogen and oxygen atoms in total. The van der Waals surface area contributed by atoms with E-state index >= 15 is 0 Å². The average Bonchev–Trinajstić information content (AvgIpc) is 3.24. The highest BCUT2D eigenvalue weighted by molar-refractivity contribution is 6.76. The molecule has 0 radical (unpaired) electrons. The quantitative estimate of drug-likeness (QED) is 0.152. The first kappa shape index (κ1) is 30.6. The number of alkyl halides is 6. The van der Waals surface area contributed by atoms with E-state index in [2.05, 4.69) is 5.32 Å². The van der Waals surface area contributed by atoms with Gasteiger partial charge in [-0.25, -0.2) is 4.79 Å². The molecule has 0 atom stereocenters. The summed E-state index contributed by atoms with van der Waals surface area (Å²) in [5, 5.41) is 2.49. The molecule has 1 amide bonds. The molecular formula is C26H23Cl3F3NO6. The number of halogens is 6. The van der Waals surface area contributed by atoms with Crippen LogP contribution in [0.25, 0.3) is 0 Å². The molecule has 13 heteroatoms. The molecule has 0 spiro atoms. The van der Waals surface area contributed by atoms with Crippen molar-refractivity contribution in [3.63, 3.8) is 0 Å². The number of cyclic esters (lactones) is 1. The molecule has 1 N–H and O–H groups in total. The number of methoxy groups -OCH3 is 1.